The van der Waals surface area contributed by atoms with Crippen LogP contribution in [0.2, 0.25) is 10.0 Å². The molecule has 0 heterocycles. The van der Waals surface area contributed by atoms with Gasteiger partial charge in [0.25, 0.3) is 5.91 Å². The van der Waals surface area contributed by atoms with Gasteiger partial charge in [0.1, 0.15) is 0 Å². The molecule has 1 aliphatic rings. The number of carbonyl (C=O) groups excluding carboxylic acids is 1. The first kappa shape index (κ1) is 15.0. The minimum Gasteiger partial charge on any atom is -0.352 e. The molecule has 0 saturated heterocycles. The minimum atomic E-state index is -0.166. The predicted octanol–water partition coefficient (Wildman–Crippen LogP) is 4.52. The molecule has 2 nitrogen and oxygen atoms in total. The summed E-state index contributed by atoms with van der Waals surface area (Å²) in [5, 5.41) is 4.16. The fourth-order valence-electron chi connectivity index (χ4n) is 2.33. The highest BCUT2D eigenvalue weighted by atomic mass is 35.5. The van der Waals surface area contributed by atoms with Gasteiger partial charge in [-0.3, -0.25) is 4.79 Å². The molecule has 1 N–H and O–H groups in total. The second-order valence-corrected chi connectivity index (χ2v) is 6.41. The maximum atomic E-state index is 12.0. The zero-order chi connectivity index (χ0) is 13.8. The van der Waals surface area contributed by atoms with Crippen molar-refractivity contribution < 1.29 is 4.79 Å². The lowest BCUT2D eigenvalue weighted by Crippen LogP contribution is -2.31. The lowest BCUT2D eigenvalue weighted by molar-refractivity contribution is 0.0944. The van der Waals surface area contributed by atoms with Crippen LogP contribution in [0.25, 0.3) is 0 Å². The largest absolute Gasteiger partial charge is 0.352 e. The number of hydrogen-bond donors (Lipinski definition) is 1. The van der Waals surface area contributed by atoms with Gasteiger partial charge in [0.05, 0.1) is 10.6 Å². The summed E-state index contributed by atoms with van der Waals surface area (Å²) in [6, 6.07) is 4.90. The molecule has 5 heteroatoms. The number of carbonyl (C=O) groups is 1. The molecular weight excluding hydrogens is 305 g/mol. The van der Waals surface area contributed by atoms with Gasteiger partial charge in [0.15, 0.2) is 0 Å². The molecule has 19 heavy (non-hydrogen) atoms. The lowest BCUT2D eigenvalue weighted by Gasteiger charge is -2.25. The first-order chi connectivity index (χ1) is 9.06. The van der Waals surface area contributed by atoms with E-state index >= 15 is 0 Å². The Morgan fingerprint density at radius 2 is 1.89 bits per heavy atom. The van der Waals surface area contributed by atoms with E-state index in [0.717, 1.165) is 25.7 Å². The van der Waals surface area contributed by atoms with Crippen LogP contribution in [0.4, 0.5) is 0 Å². The number of hydrogen-bond acceptors (Lipinski definition) is 1. The Morgan fingerprint density at radius 3 is 2.58 bits per heavy atom. The molecule has 0 aromatic heterocycles. The monoisotopic (exact) mass is 319 g/mol. The number of rotatable bonds is 3. The molecule has 1 aromatic rings. The van der Waals surface area contributed by atoms with Crippen LogP contribution in [0.1, 0.15) is 36.0 Å². The summed E-state index contributed by atoms with van der Waals surface area (Å²) in [6.45, 7) is 0.672. The van der Waals surface area contributed by atoms with Crippen molar-refractivity contribution in [3.8, 4) is 0 Å². The highest BCUT2D eigenvalue weighted by molar-refractivity contribution is 6.35. The van der Waals surface area contributed by atoms with Crippen LogP contribution in [0.3, 0.4) is 0 Å². The molecule has 0 radical (unpaired) electrons. The Kier molecular flexibility index (Phi) is 5.37. The summed E-state index contributed by atoms with van der Waals surface area (Å²) in [5.41, 5.74) is 0.431. The molecule has 1 aliphatic carbocycles. The predicted molar refractivity (Wildman–Crippen MR) is 80.4 cm³/mol. The van der Waals surface area contributed by atoms with Crippen molar-refractivity contribution in [2.24, 2.45) is 5.92 Å². The van der Waals surface area contributed by atoms with E-state index in [1.54, 1.807) is 18.2 Å². The van der Waals surface area contributed by atoms with Crippen molar-refractivity contribution in [3.05, 3.63) is 33.8 Å². The summed E-state index contributed by atoms with van der Waals surface area (Å²) < 4.78 is 0. The summed E-state index contributed by atoms with van der Waals surface area (Å²) >= 11 is 17.9. The van der Waals surface area contributed by atoms with Gasteiger partial charge in [-0.2, -0.15) is 0 Å². The van der Waals surface area contributed by atoms with E-state index in [0.29, 0.717) is 33.4 Å². The molecule has 1 aromatic carbocycles. The van der Waals surface area contributed by atoms with Crippen molar-refractivity contribution in [3.63, 3.8) is 0 Å². The molecule has 1 saturated carbocycles. The second kappa shape index (κ2) is 6.83. The molecule has 1 fully saturated rings. The zero-order valence-corrected chi connectivity index (χ0v) is 12.7. The van der Waals surface area contributed by atoms with Gasteiger partial charge in [-0.25, -0.2) is 0 Å². The van der Waals surface area contributed by atoms with E-state index < -0.39 is 0 Å². The van der Waals surface area contributed by atoms with Gasteiger partial charge >= 0.3 is 0 Å². The maximum Gasteiger partial charge on any atom is 0.252 e. The summed E-state index contributed by atoms with van der Waals surface area (Å²) in [4.78, 5) is 12.0. The smallest absolute Gasteiger partial charge is 0.252 e. The van der Waals surface area contributed by atoms with Crippen molar-refractivity contribution in [1.82, 2.24) is 5.32 Å². The van der Waals surface area contributed by atoms with Crippen molar-refractivity contribution in [2.45, 2.75) is 31.1 Å². The maximum absolute atomic E-state index is 12.0. The number of halogens is 3. The summed E-state index contributed by atoms with van der Waals surface area (Å²) in [5.74, 6) is 0.345. The van der Waals surface area contributed by atoms with Gasteiger partial charge in [-0.15, -0.1) is 11.6 Å². The molecular formula is C14H16Cl3NO. The average molecular weight is 321 g/mol. The first-order valence-corrected chi connectivity index (χ1v) is 7.63. The van der Waals surface area contributed by atoms with Crippen LogP contribution in [0, 0.1) is 5.92 Å². The molecule has 0 spiro atoms. The Hall–Kier alpha value is -0.440. The second-order valence-electron chi connectivity index (χ2n) is 4.95. The molecule has 0 atom stereocenters. The van der Waals surface area contributed by atoms with Crippen LogP contribution >= 0.6 is 34.8 Å². The quantitative estimate of drug-likeness (QED) is 0.815. The zero-order valence-electron chi connectivity index (χ0n) is 10.5. The van der Waals surface area contributed by atoms with Crippen LogP contribution in [0.5, 0.6) is 0 Å². The average Bonchev–Trinajstić information content (AvgIpc) is 2.40. The van der Waals surface area contributed by atoms with E-state index in [9.17, 15) is 4.79 Å². The van der Waals surface area contributed by atoms with E-state index in [1.165, 1.54) is 0 Å². The fourth-order valence-corrected chi connectivity index (χ4v) is 2.96. The van der Waals surface area contributed by atoms with Gasteiger partial charge in [-0.1, -0.05) is 23.2 Å². The Balaban J connectivity index is 1.89. The van der Waals surface area contributed by atoms with Gasteiger partial charge in [0, 0.05) is 16.9 Å². The summed E-state index contributed by atoms with van der Waals surface area (Å²) in [7, 11) is 0. The van der Waals surface area contributed by atoms with Gasteiger partial charge in [-0.05, 0) is 49.8 Å². The number of amides is 1. The number of nitrogens with one attached hydrogen (secondary N) is 1. The summed E-state index contributed by atoms with van der Waals surface area (Å²) in [6.07, 6.45) is 4.19. The van der Waals surface area contributed by atoms with Crippen molar-refractivity contribution in [2.75, 3.05) is 6.54 Å². The van der Waals surface area contributed by atoms with E-state index in [1.807, 2.05) is 0 Å². The highest BCUT2D eigenvalue weighted by Gasteiger charge is 2.20. The van der Waals surface area contributed by atoms with Crippen molar-refractivity contribution >= 4 is 40.7 Å². The third-order valence-electron chi connectivity index (χ3n) is 3.50. The topological polar surface area (TPSA) is 29.1 Å². The molecule has 1 amide bonds. The molecule has 0 bridgehead atoms. The van der Waals surface area contributed by atoms with E-state index in [2.05, 4.69) is 5.32 Å². The number of benzene rings is 1. The van der Waals surface area contributed by atoms with Crippen LogP contribution in [-0.2, 0) is 0 Å². The van der Waals surface area contributed by atoms with Crippen LogP contribution < -0.4 is 5.32 Å². The molecule has 0 unspecified atom stereocenters. The SMILES string of the molecule is O=C(NCC1CCC(Cl)CC1)c1cc(Cl)ccc1Cl. The third kappa shape index (κ3) is 4.27. The van der Waals surface area contributed by atoms with Crippen LogP contribution in [-0.4, -0.2) is 17.8 Å². The fraction of sp³-hybridized carbons (Fsp3) is 0.500. The standard InChI is InChI=1S/C14H16Cl3NO/c15-10-3-1-9(2-4-10)8-18-14(19)12-7-11(16)5-6-13(12)17/h5-7,9-10H,1-4,8H2,(H,18,19). The first-order valence-electron chi connectivity index (χ1n) is 6.43. The Morgan fingerprint density at radius 1 is 1.21 bits per heavy atom. The minimum absolute atomic E-state index is 0.166. The lowest BCUT2D eigenvalue weighted by atomic mass is 9.89. The molecule has 0 aliphatic heterocycles. The molecule has 2 rings (SSSR count). The normalized spacial score (nSPS) is 23.1. The van der Waals surface area contributed by atoms with E-state index in [4.69, 9.17) is 34.8 Å². The number of alkyl halides is 1. The van der Waals surface area contributed by atoms with Gasteiger partial charge in [0.2, 0.25) is 0 Å². The van der Waals surface area contributed by atoms with Gasteiger partial charge < -0.3 is 5.32 Å². The van der Waals surface area contributed by atoms with Crippen LogP contribution in [0.15, 0.2) is 18.2 Å². The van der Waals surface area contributed by atoms with Crippen molar-refractivity contribution in [1.29, 1.82) is 0 Å². The molecule has 104 valence electrons. The Labute approximate surface area is 128 Å². The Bertz CT molecular complexity index is 456. The van der Waals surface area contributed by atoms with E-state index in [-0.39, 0.29) is 5.91 Å². The highest BCUT2D eigenvalue weighted by Crippen LogP contribution is 2.27. The third-order valence-corrected chi connectivity index (χ3v) is 4.50.